The van der Waals surface area contributed by atoms with Crippen molar-refractivity contribution in [1.29, 1.82) is 0 Å². The number of carboxylic acid groups (broad SMARTS) is 4. The molecule has 7 amide bonds. The highest BCUT2D eigenvalue weighted by molar-refractivity contribution is 5.98. The summed E-state index contributed by atoms with van der Waals surface area (Å²) in [6, 6.07) is -12.4. The monoisotopic (exact) mass is 918 g/mol. The maximum absolute atomic E-state index is 13.8. The van der Waals surface area contributed by atoms with E-state index >= 15 is 0 Å². The molecule has 0 aromatic carbocycles. The van der Waals surface area contributed by atoms with Gasteiger partial charge in [0, 0.05) is 12.8 Å². The number of hydrogen-bond acceptors (Lipinski definition) is 15. The first-order valence-electron chi connectivity index (χ1n) is 20.8. The number of aliphatic carboxylic acids is 4. The van der Waals surface area contributed by atoms with Gasteiger partial charge in [-0.25, -0.2) is 4.79 Å². The summed E-state index contributed by atoms with van der Waals surface area (Å²) < 4.78 is 0. The number of nitrogens with one attached hydrogen (secondary N) is 7. The number of carboxylic acids is 4. The SMILES string of the molecule is CC[C@H](C)[C@H](NC(=O)[C@H](CC(=O)O)NC(=O)[C@H](CCC(=O)O)NC(=O)[C@H](CO)NC(=O)[C@H](CCCCN)NC(=O)[C@H](C)N)C(=O)N[C@@H](CCCCN)C(=O)N[C@@H](CCC(=O)O)C(=O)O. The van der Waals surface area contributed by atoms with Crippen LogP contribution in [0.15, 0.2) is 0 Å². The van der Waals surface area contributed by atoms with E-state index in [0.29, 0.717) is 19.3 Å². The van der Waals surface area contributed by atoms with Crippen molar-refractivity contribution in [3.05, 3.63) is 0 Å². The molecule has 9 atom stereocenters. The van der Waals surface area contributed by atoms with Gasteiger partial charge in [0.2, 0.25) is 41.4 Å². The lowest BCUT2D eigenvalue weighted by Crippen LogP contribution is -2.61. The van der Waals surface area contributed by atoms with Gasteiger partial charge in [0.25, 0.3) is 0 Å². The van der Waals surface area contributed by atoms with Crippen molar-refractivity contribution in [1.82, 2.24) is 37.2 Å². The summed E-state index contributed by atoms with van der Waals surface area (Å²) in [7, 11) is 0. The maximum atomic E-state index is 13.8. The Labute approximate surface area is 369 Å². The van der Waals surface area contributed by atoms with E-state index in [9.17, 15) is 73.2 Å². The van der Waals surface area contributed by atoms with E-state index in [1.807, 2.05) is 0 Å². The minimum absolute atomic E-state index is 0.0611. The zero-order valence-electron chi connectivity index (χ0n) is 36.3. The van der Waals surface area contributed by atoms with Gasteiger partial charge in [-0.2, -0.15) is 0 Å². The van der Waals surface area contributed by atoms with Crippen molar-refractivity contribution in [2.45, 2.75) is 146 Å². The number of nitrogens with two attached hydrogens (primary N) is 3. The Hall–Kier alpha value is -5.99. The van der Waals surface area contributed by atoms with Crippen molar-refractivity contribution in [3.63, 3.8) is 0 Å². The summed E-state index contributed by atoms with van der Waals surface area (Å²) in [5.74, 6) is -13.9. The summed E-state index contributed by atoms with van der Waals surface area (Å²) in [6.07, 6.45) is -1.87. The maximum Gasteiger partial charge on any atom is 0.326 e. The van der Waals surface area contributed by atoms with Gasteiger partial charge >= 0.3 is 23.9 Å². The highest BCUT2D eigenvalue weighted by Crippen LogP contribution is 2.12. The Kier molecular flexibility index (Phi) is 28.1. The fourth-order valence-corrected chi connectivity index (χ4v) is 5.77. The Morgan fingerprint density at radius 3 is 1.25 bits per heavy atom. The number of carbonyl (C=O) groups excluding carboxylic acids is 7. The van der Waals surface area contributed by atoms with Crippen molar-refractivity contribution in [2.75, 3.05) is 19.7 Å². The van der Waals surface area contributed by atoms with E-state index in [0.717, 1.165) is 0 Å². The van der Waals surface area contributed by atoms with E-state index < -0.39 is 158 Å². The zero-order valence-corrected chi connectivity index (χ0v) is 36.3. The third-order valence-electron chi connectivity index (χ3n) is 9.74. The summed E-state index contributed by atoms with van der Waals surface area (Å²) in [5, 5.41) is 63.6. The topological polar surface area (TPSA) is 451 Å². The zero-order chi connectivity index (χ0) is 49.1. The van der Waals surface area contributed by atoms with E-state index in [-0.39, 0.29) is 38.8 Å². The number of unbranched alkanes of at least 4 members (excludes halogenated alkanes) is 2. The second kappa shape index (κ2) is 31.0. The average molecular weight is 919 g/mol. The van der Waals surface area contributed by atoms with E-state index in [1.165, 1.54) is 13.8 Å². The van der Waals surface area contributed by atoms with Gasteiger partial charge < -0.3 is 80.0 Å². The molecule has 0 heterocycles. The molecule has 0 saturated heterocycles. The van der Waals surface area contributed by atoms with Crippen LogP contribution in [0.3, 0.4) is 0 Å². The molecule has 64 heavy (non-hydrogen) atoms. The van der Waals surface area contributed by atoms with Gasteiger partial charge in [0.1, 0.15) is 42.3 Å². The Morgan fingerprint density at radius 2 is 0.844 bits per heavy atom. The van der Waals surface area contributed by atoms with Gasteiger partial charge in [0.15, 0.2) is 0 Å². The molecule has 26 heteroatoms. The molecule has 0 aliphatic rings. The smallest absolute Gasteiger partial charge is 0.326 e. The second-order valence-corrected chi connectivity index (χ2v) is 15.1. The molecule has 0 saturated carbocycles. The van der Waals surface area contributed by atoms with E-state index in [4.69, 9.17) is 22.3 Å². The first kappa shape index (κ1) is 58.0. The van der Waals surface area contributed by atoms with Gasteiger partial charge in [-0.3, -0.25) is 47.9 Å². The molecular weight excluding hydrogens is 852 g/mol. The largest absolute Gasteiger partial charge is 0.481 e. The standard InChI is InChI=1S/C38H66N10O16/c1-4-19(2)30(37(62)44-22(10-6-8-16-40)32(57)45-24(38(63)64)12-14-28(52)53)48-35(60)25(17-29(54)55)46-34(59)23(11-13-27(50)51)43-36(61)26(18-49)47-33(58)21(9-5-7-15-39)42-31(56)20(3)41/h19-26,30,49H,4-18,39-41H2,1-3H3,(H,42,56)(H,43,61)(H,44,62)(H,45,57)(H,46,59)(H,47,58)(H,48,60)(H,50,51)(H,52,53)(H,54,55)(H,63,64)/t19-,20-,21-,22-,23-,24-,25-,26-,30-/m0/s1. The highest BCUT2D eigenvalue weighted by atomic mass is 16.4. The molecule has 0 rings (SSSR count). The lowest BCUT2D eigenvalue weighted by atomic mass is 9.96. The normalized spacial score (nSPS) is 15.2. The fourth-order valence-electron chi connectivity index (χ4n) is 5.77. The molecule has 0 aliphatic carbocycles. The van der Waals surface area contributed by atoms with Crippen LogP contribution in [0.5, 0.6) is 0 Å². The van der Waals surface area contributed by atoms with Crippen LogP contribution in [0.1, 0.15) is 97.8 Å². The molecule has 0 fully saturated rings. The first-order valence-corrected chi connectivity index (χ1v) is 20.8. The number of aliphatic hydroxyl groups excluding tert-OH is 1. The van der Waals surface area contributed by atoms with E-state index in [1.54, 1.807) is 6.92 Å². The van der Waals surface area contributed by atoms with Gasteiger partial charge in [-0.1, -0.05) is 20.3 Å². The molecule has 0 bridgehead atoms. The summed E-state index contributed by atoms with van der Waals surface area (Å²) >= 11 is 0. The average Bonchev–Trinajstić information content (AvgIpc) is 3.22. The van der Waals surface area contributed by atoms with Crippen molar-refractivity contribution >= 4 is 65.2 Å². The third-order valence-corrected chi connectivity index (χ3v) is 9.74. The Balaban J connectivity index is 6.47. The van der Waals surface area contributed by atoms with Crippen LogP contribution >= 0.6 is 0 Å². The van der Waals surface area contributed by atoms with Crippen LogP contribution in [0.2, 0.25) is 0 Å². The van der Waals surface area contributed by atoms with Crippen LogP contribution in [-0.2, 0) is 52.7 Å². The summed E-state index contributed by atoms with van der Waals surface area (Å²) in [5.41, 5.74) is 16.7. The Bertz CT molecular complexity index is 1620. The molecule has 0 aromatic rings. The molecule has 0 aromatic heterocycles. The number of aliphatic hydroxyl groups is 1. The van der Waals surface area contributed by atoms with Crippen molar-refractivity contribution in [3.8, 4) is 0 Å². The molecule has 0 radical (unpaired) electrons. The van der Waals surface area contributed by atoms with Crippen LogP contribution in [0, 0.1) is 5.92 Å². The lowest BCUT2D eigenvalue weighted by molar-refractivity contribution is -0.143. The number of rotatable bonds is 34. The number of hydrogen-bond donors (Lipinski definition) is 15. The lowest BCUT2D eigenvalue weighted by Gasteiger charge is -2.29. The van der Waals surface area contributed by atoms with Crippen molar-refractivity contribution < 1.29 is 78.3 Å². The summed E-state index contributed by atoms with van der Waals surface area (Å²) in [4.78, 5) is 139. The van der Waals surface area contributed by atoms with Crippen LogP contribution in [0.4, 0.5) is 0 Å². The fraction of sp³-hybridized carbons (Fsp3) is 0.711. The number of amides is 7. The minimum Gasteiger partial charge on any atom is -0.481 e. The predicted molar refractivity (Wildman–Crippen MR) is 223 cm³/mol. The van der Waals surface area contributed by atoms with Gasteiger partial charge in [-0.15, -0.1) is 0 Å². The van der Waals surface area contributed by atoms with Gasteiger partial charge in [0.05, 0.1) is 19.1 Å². The number of carbonyl (C=O) groups is 11. The highest BCUT2D eigenvalue weighted by Gasteiger charge is 2.36. The molecule has 0 unspecified atom stereocenters. The van der Waals surface area contributed by atoms with Crippen LogP contribution in [-0.4, -0.2) is 159 Å². The minimum atomic E-state index is -1.97. The summed E-state index contributed by atoms with van der Waals surface area (Å²) in [6.45, 7) is 3.94. The second-order valence-electron chi connectivity index (χ2n) is 15.1. The molecule has 26 nitrogen and oxygen atoms in total. The first-order chi connectivity index (χ1) is 30.0. The predicted octanol–water partition coefficient (Wildman–Crippen LogP) is -4.69. The molecule has 364 valence electrons. The van der Waals surface area contributed by atoms with Crippen LogP contribution < -0.4 is 54.4 Å². The van der Waals surface area contributed by atoms with Crippen molar-refractivity contribution in [2.24, 2.45) is 23.1 Å². The molecule has 0 aliphatic heterocycles. The Morgan fingerprint density at radius 1 is 0.469 bits per heavy atom. The van der Waals surface area contributed by atoms with Gasteiger partial charge in [-0.05, 0) is 77.3 Å². The third kappa shape index (κ3) is 22.9. The quantitative estimate of drug-likeness (QED) is 0.0270. The molecular formula is C38H66N10O16. The van der Waals surface area contributed by atoms with Crippen LogP contribution in [0.25, 0.3) is 0 Å². The molecule has 0 spiro atoms. The molecule has 18 N–H and O–H groups in total. The van der Waals surface area contributed by atoms with E-state index in [2.05, 4.69) is 37.2 Å².